The summed E-state index contributed by atoms with van der Waals surface area (Å²) in [5.74, 6) is 0. The molecule has 1 amide bonds. The Morgan fingerprint density at radius 3 is 2.37 bits per heavy atom. The van der Waals surface area contributed by atoms with E-state index >= 15 is 0 Å². The van der Waals surface area contributed by atoms with Crippen molar-refractivity contribution in [1.82, 2.24) is 4.90 Å². The molecule has 4 nitrogen and oxygen atoms in total. The Hall–Kier alpha value is -1.84. The number of benzene rings is 1. The van der Waals surface area contributed by atoms with E-state index in [1.807, 2.05) is 36.5 Å². The van der Waals surface area contributed by atoms with Crippen LogP contribution in [0.1, 0.15) is 24.8 Å². The van der Waals surface area contributed by atoms with E-state index in [-0.39, 0.29) is 6.09 Å². The predicted octanol–water partition coefficient (Wildman–Crippen LogP) is 2.88. The molecule has 0 saturated carbocycles. The molecular formula is C15H20N2O2. The number of aliphatic imine (C=N–C) groups is 1. The van der Waals surface area contributed by atoms with Gasteiger partial charge < -0.3 is 9.64 Å². The first-order chi connectivity index (χ1) is 9.36. The molecule has 1 aromatic rings. The molecule has 2 aliphatic rings. The highest BCUT2D eigenvalue weighted by atomic mass is 16.6. The van der Waals surface area contributed by atoms with Gasteiger partial charge in [0.1, 0.15) is 6.61 Å². The topological polar surface area (TPSA) is 41.9 Å². The zero-order valence-corrected chi connectivity index (χ0v) is 11.1. The number of piperidine rings is 1. The largest absolute Gasteiger partial charge is 0.445 e. The molecule has 0 radical (unpaired) electrons. The normalized spacial score (nSPS) is 16.3. The summed E-state index contributed by atoms with van der Waals surface area (Å²) in [5.41, 5.74) is 1.04. The fraction of sp³-hybridized carbons (Fsp3) is 0.467. The monoisotopic (exact) mass is 260 g/mol. The minimum atomic E-state index is -0.177. The van der Waals surface area contributed by atoms with Gasteiger partial charge in [-0.1, -0.05) is 30.3 Å². The Balaban J connectivity index is 0.000000390. The quantitative estimate of drug-likeness (QED) is 0.820. The van der Waals surface area contributed by atoms with E-state index in [1.165, 1.54) is 6.42 Å². The number of hydrogen-bond donors (Lipinski definition) is 0. The molecule has 0 atom stereocenters. The van der Waals surface area contributed by atoms with Crippen LogP contribution in [0.2, 0.25) is 0 Å². The molecule has 0 N–H and O–H groups in total. The lowest BCUT2D eigenvalue weighted by atomic mass is 10.1. The molecule has 19 heavy (non-hydrogen) atoms. The maximum Gasteiger partial charge on any atom is 0.410 e. The van der Waals surface area contributed by atoms with E-state index in [4.69, 9.17) is 4.74 Å². The van der Waals surface area contributed by atoms with Gasteiger partial charge in [-0.05, 0) is 24.8 Å². The number of nitrogens with zero attached hydrogens (tertiary/aromatic N) is 2. The van der Waals surface area contributed by atoms with E-state index < -0.39 is 0 Å². The lowest BCUT2D eigenvalue weighted by Gasteiger charge is -2.25. The zero-order valence-electron chi connectivity index (χ0n) is 11.1. The van der Waals surface area contributed by atoms with Crippen molar-refractivity contribution >= 4 is 12.3 Å². The Labute approximate surface area is 114 Å². The van der Waals surface area contributed by atoms with E-state index in [0.29, 0.717) is 6.61 Å². The summed E-state index contributed by atoms with van der Waals surface area (Å²) in [7, 11) is 0. The van der Waals surface area contributed by atoms with Gasteiger partial charge in [-0.3, -0.25) is 4.99 Å². The zero-order chi connectivity index (χ0) is 13.3. The molecule has 3 rings (SSSR count). The Kier molecular flexibility index (Phi) is 5.41. The van der Waals surface area contributed by atoms with Gasteiger partial charge in [0.2, 0.25) is 0 Å². The number of likely N-dealkylation sites (tertiary alicyclic amines) is 1. The van der Waals surface area contributed by atoms with Gasteiger partial charge in [-0.25, -0.2) is 4.79 Å². The van der Waals surface area contributed by atoms with Gasteiger partial charge in [-0.2, -0.15) is 0 Å². The summed E-state index contributed by atoms with van der Waals surface area (Å²) >= 11 is 0. The molecule has 0 aromatic heterocycles. The highest BCUT2D eigenvalue weighted by Gasteiger charge is 2.17. The number of carbonyl (C=O) groups excluding carboxylic acids is 1. The molecular weight excluding hydrogens is 240 g/mol. The van der Waals surface area contributed by atoms with Crippen molar-refractivity contribution in [2.24, 2.45) is 4.99 Å². The second-order valence-electron chi connectivity index (χ2n) is 4.64. The fourth-order valence-corrected chi connectivity index (χ4v) is 1.89. The second kappa shape index (κ2) is 7.56. The average molecular weight is 260 g/mol. The van der Waals surface area contributed by atoms with Gasteiger partial charge >= 0.3 is 6.09 Å². The minimum absolute atomic E-state index is 0.177. The standard InChI is InChI=1S/C13H17NO2.C2H3N/c15-13(14-9-5-2-6-10-14)16-11-12-7-3-1-4-8-12;1-2-3-1/h1,3-4,7-8H,2,5-6,9-11H2;1H,2H2. The first-order valence-electron chi connectivity index (χ1n) is 6.80. The van der Waals surface area contributed by atoms with E-state index in [1.54, 1.807) is 4.90 Å². The van der Waals surface area contributed by atoms with Gasteiger partial charge in [0.05, 0.1) is 6.54 Å². The van der Waals surface area contributed by atoms with Crippen LogP contribution in [0.4, 0.5) is 4.79 Å². The molecule has 2 aliphatic heterocycles. The molecule has 0 bridgehead atoms. The van der Waals surface area contributed by atoms with Crippen molar-refractivity contribution in [1.29, 1.82) is 0 Å². The summed E-state index contributed by atoms with van der Waals surface area (Å²) < 4.78 is 5.25. The van der Waals surface area contributed by atoms with Crippen molar-refractivity contribution in [2.75, 3.05) is 19.6 Å². The third-order valence-corrected chi connectivity index (χ3v) is 3.00. The SMILES string of the molecule is C1=NC1.O=C(OCc1ccccc1)N1CCCCC1. The summed E-state index contributed by atoms with van der Waals surface area (Å²) in [6, 6.07) is 9.77. The van der Waals surface area contributed by atoms with Crippen molar-refractivity contribution in [3.8, 4) is 0 Å². The van der Waals surface area contributed by atoms with Crippen LogP contribution in [0, 0.1) is 0 Å². The maximum atomic E-state index is 11.7. The van der Waals surface area contributed by atoms with Crippen LogP contribution >= 0.6 is 0 Å². The van der Waals surface area contributed by atoms with Gasteiger partial charge in [0, 0.05) is 19.3 Å². The van der Waals surface area contributed by atoms with Gasteiger partial charge in [0.25, 0.3) is 0 Å². The summed E-state index contributed by atoms with van der Waals surface area (Å²) in [4.78, 5) is 17.1. The Morgan fingerprint density at radius 2 is 1.79 bits per heavy atom. The number of carbonyl (C=O) groups is 1. The van der Waals surface area contributed by atoms with Crippen molar-refractivity contribution in [3.05, 3.63) is 35.9 Å². The van der Waals surface area contributed by atoms with Gasteiger partial charge in [-0.15, -0.1) is 0 Å². The van der Waals surface area contributed by atoms with Gasteiger partial charge in [0.15, 0.2) is 0 Å². The third-order valence-electron chi connectivity index (χ3n) is 3.00. The van der Waals surface area contributed by atoms with Crippen molar-refractivity contribution in [2.45, 2.75) is 25.9 Å². The van der Waals surface area contributed by atoms with Crippen LogP contribution in [0.3, 0.4) is 0 Å². The summed E-state index contributed by atoms with van der Waals surface area (Å²) in [6.45, 7) is 3.05. The predicted molar refractivity (Wildman–Crippen MR) is 75.4 cm³/mol. The van der Waals surface area contributed by atoms with E-state index in [9.17, 15) is 4.79 Å². The van der Waals surface area contributed by atoms with Crippen LogP contribution in [0.25, 0.3) is 0 Å². The molecule has 102 valence electrons. The van der Waals surface area contributed by atoms with Crippen LogP contribution in [-0.4, -0.2) is 36.8 Å². The molecule has 0 unspecified atom stereocenters. The van der Waals surface area contributed by atoms with Crippen molar-refractivity contribution < 1.29 is 9.53 Å². The Bertz CT molecular complexity index is 407. The third kappa shape index (κ3) is 5.55. The molecule has 4 heteroatoms. The van der Waals surface area contributed by atoms with E-state index in [0.717, 1.165) is 38.0 Å². The van der Waals surface area contributed by atoms with Crippen LogP contribution in [0.15, 0.2) is 35.3 Å². The molecule has 0 aliphatic carbocycles. The van der Waals surface area contributed by atoms with Crippen LogP contribution in [-0.2, 0) is 11.3 Å². The van der Waals surface area contributed by atoms with Crippen LogP contribution in [0.5, 0.6) is 0 Å². The highest BCUT2D eigenvalue weighted by Crippen LogP contribution is 2.11. The number of rotatable bonds is 2. The lowest BCUT2D eigenvalue weighted by molar-refractivity contribution is 0.0894. The molecule has 2 heterocycles. The molecule has 1 fully saturated rings. The number of ether oxygens (including phenoxy) is 1. The molecule has 1 aromatic carbocycles. The summed E-state index contributed by atoms with van der Waals surface area (Å²) in [6.07, 6.45) is 5.12. The average Bonchev–Trinajstić information content (AvgIpc) is 3.35. The first-order valence-corrected chi connectivity index (χ1v) is 6.80. The smallest absolute Gasteiger partial charge is 0.410 e. The Morgan fingerprint density at radius 1 is 1.16 bits per heavy atom. The highest BCUT2D eigenvalue weighted by molar-refractivity contribution is 5.72. The number of hydrogen-bond acceptors (Lipinski definition) is 3. The molecule has 1 saturated heterocycles. The number of amides is 1. The maximum absolute atomic E-state index is 11.7. The van der Waals surface area contributed by atoms with Crippen LogP contribution < -0.4 is 0 Å². The molecule has 0 spiro atoms. The summed E-state index contributed by atoms with van der Waals surface area (Å²) in [5, 5.41) is 0. The van der Waals surface area contributed by atoms with E-state index in [2.05, 4.69) is 4.99 Å². The second-order valence-corrected chi connectivity index (χ2v) is 4.64. The lowest BCUT2D eigenvalue weighted by Crippen LogP contribution is -2.35. The first kappa shape index (κ1) is 13.6. The van der Waals surface area contributed by atoms with Crippen molar-refractivity contribution in [3.63, 3.8) is 0 Å². The fourth-order valence-electron chi connectivity index (χ4n) is 1.89. The minimum Gasteiger partial charge on any atom is -0.445 e.